The highest BCUT2D eigenvalue weighted by Crippen LogP contribution is 2.23. The molecule has 0 N–H and O–H groups in total. The van der Waals surface area contributed by atoms with Crippen LogP contribution in [0.1, 0.15) is 35.4 Å². The second-order valence-electron chi connectivity index (χ2n) is 6.81. The zero-order chi connectivity index (χ0) is 18.8. The molecule has 1 aliphatic rings. The number of carbonyl (C=O) groups is 2. The molecule has 0 aliphatic carbocycles. The highest BCUT2D eigenvalue weighted by atomic mass is 32.1. The molecule has 0 spiro atoms. The molecule has 0 saturated carbocycles. The highest BCUT2D eigenvalue weighted by Gasteiger charge is 2.29. The average molecular weight is 382 g/mol. The number of amides is 1. The van der Waals surface area contributed by atoms with Crippen molar-refractivity contribution in [3.05, 3.63) is 46.7 Å². The smallest absolute Gasteiger partial charge is 0.242 e. The van der Waals surface area contributed by atoms with Gasteiger partial charge in [0.1, 0.15) is 12.4 Å². The summed E-state index contributed by atoms with van der Waals surface area (Å²) in [5, 5.41) is 2.41. The zero-order valence-electron chi connectivity index (χ0n) is 15.3. The Labute approximate surface area is 161 Å². The Morgan fingerprint density at radius 2 is 2.00 bits per heavy atom. The number of piperidine rings is 1. The number of aromatic nitrogens is 3. The SMILES string of the molecule is CCc1nc2ccccc2n1CC(=O)N1CCC(C(=O)c2nccs2)CC1. The average Bonchev–Trinajstić information content (AvgIpc) is 3.36. The predicted molar refractivity (Wildman–Crippen MR) is 105 cm³/mol. The largest absolute Gasteiger partial charge is 0.341 e. The number of benzene rings is 1. The number of nitrogens with zero attached hydrogens (tertiary/aromatic N) is 4. The lowest BCUT2D eigenvalue weighted by Crippen LogP contribution is -2.41. The van der Waals surface area contributed by atoms with Crippen LogP contribution in [0.4, 0.5) is 0 Å². The lowest BCUT2D eigenvalue weighted by atomic mass is 9.92. The Balaban J connectivity index is 1.42. The monoisotopic (exact) mass is 382 g/mol. The fraction of sp³-hybridized carbons (Fsp3) is 0.400. The van der Waals surface area contributed by atoms with Crippen molar-refractivity contribution >= 4 is 34.1 Å². The van der Waals surface area contributed by atoms with E-state index in [9.17, 15) is 9.59 Å². The number of fused-ring (bicyclic) bond motifs is 1. The van der Waals surface area contributed by atoms with E-state index in [1.807, 2.05) is 39.1 Å². The molecule has 1 aromatic carbocycles. The molecular formula is C20H22N4O2S. The number of aryl methyl sites for hydroxylation is 1. The molecule has 2 aromatic heterocycles. The molecular weight excluding hydrogens is 360 g/mol. The van der Waals surface area contributed by atoms with E-state index in [2.05, 4.69) is 16.9 Å². The molecule has 3 heterocycles. The summed E-state index contributed by atoms with van der Waals surface area (Å²) in [6.45, 7) is 3.59. The molecule has 0 unspecified atom stereocenters. The predicted octanol–water partition coefficient (Wildman–Crippen LogP) is 3.18. The number of hydrogen-bond acceptors (Lipinski definition) is 5. The topological polar surface area (TPSA) is 68.1 Å². The fourth-order valence-electron chi connectivity index (χ4n) is 3.72. The van der Waals surface area contributed by atoms with Crippen molar-refractivity contribution in [1.29, 1.82) is 0 Å². The van der Waals surface area contributed by atoms with E-state index in [1.165, 1.54) is 11.3 Å². The molecule has 27 heavy (non-hydrogen) atoms. The van der Waals surface area contributed by atoms with E-state index in [4.69, 9.17) is 0 Å². The Morgan fingerprint density at radius 1 is 1.22 bits per heavy atom. The van der Waals surface area contributed by atoms with Gasteiger partial charge in [-0.05, 0) is 25.0 Å². The second-order valence-corrected chi connectivity index (χ2v) is 7.71. The number of carbonyl (C=O) groups excluding carboxylic acids is 2. The van der Waals surface area contributed by atoms with Crippen molar-refractivity contribution in [2.24, 2.45) is 5.92 Å². The van der Waals surface area contributed by atoms with Gasteiger partial charge in [0.15, 0.2) is 10.8 Å². The van der Waals surface area contributed by atoms with Crippen LogP contribution in [0.3, 0.4) is 0 Å². The van der Waals surface area contributed by atoms with Gasteiger partial charge in [-0.25, -0.2) is 9.97 Å². The minimum atomic E-state index is -0.0273. The van der Waals surface area contributed by atoms with Crippen LogP contribution in [0, 0.1) is 5.92 Å². The first-order chi connectivity index (χ1) is 13.2. The summed E-state index contributed by atoms with van der Waals surface area (Å²) >= 11 is 1.39. The number of likely N-dealkylation sites (tertiary alicyclic amines) is 1. The minimum Gasteiger partial charge on any atom is -0.341 e. The lowest BCUT2D eigenvalue weighted by Gasteiger charge is -2.31. The number of rotatable bonds is 5. The number of imidazole rings is 1. The molecule has 1 amide bonds. The van der Waals surface area contributed by atoms with Crippen LogP contribution in [0.5, 0.6) is 0 Å². The maximum Gasteiger partial charge on any atom is 0.242 e. The maximum absolute atomic E-state index is 12.9. The van der Waals surface area contributed by atoms with Crippen LogP contribution in [-0.2, 0) is 17.8 Å². The Kier molecular flexibility index (Phi) is 5.03. The van der Waals surface area contributed by atoms with Gasteiger partial charge in [-0.2, -0.15) is 0 Å². The summed E-state index contributed by atoms with van der Waals surface area (Å²) in [5.41, 5.74) is 1.92. The first-order valence-corrected chi connectivity index (χ1v) is 10.2. The third-order valence-corrected chi connectivity index (χ3v) is 5.99. The molecule has 0 radical (unpaired) electrons. The Bertz CT molecular complexity index is 956. The van der Waals surface area contributed by atoms with Gasteiger partial charge in [0, 0.05) is 37.0 Å². The summed E-state index contributed by atoms with van der Waals surface area (Å²) < 4.78 is 2.02. The van der Waals surface area contributed by atoms with Crippen LogP contribution >= 0.6 is 11.3 Å². The number of hydrogen-bond donors (Lipinski definition) is 0. The Hall–Kier alpha value is -2.54. The molecule has 0 atom stereocenters. The minimum absolute atomic E-state index is 0.0273. The molecule has 4 rings (SSSR count). The Morgan fingerprint density at radius 3 is 2.70 bits per heavy atom. The zero-order valence-corrected chi connectivity index (χ0v) is 16.1. The highest BCUT2D eigenvalue weighted by molar-refractivity contribution is 7.11. The summed E-state index contributed by atoms with van der Waals surface area (Å²) in [4.78, 5) is 36.0. The van der Waals surface area contributed by atoms with E-state index in [0.717, 1.165) is 23.3 Å². The van der Waals surface area contributed by atoms with Crippen molar-refractivity contribution < 1.29 is 9.59 Å². The van der Waals surface area contributed by atoms with Crippen LogP contribution in [0.2, 0.25) is 0 Å². The first-order valence-electron chi connectivity index (χ1n) is 9.33. The summed E-state index contributed by atoms with van der Waals surface area (Å²) in [5.74, 6) is 1.11. The van der Waals surface area contributed by atoms with E-state index in [0.29, 0.717) is 37.5 Å². The van der Waals surface area contributed by atoms with Gasteiger partial charge in [0.05, 0.1) is 11.0 Å². The number of thiazole rings is 1. The third-order valence-electron chi connectivity index (χ3n) is 5.20. The second kappa shape index (κ2) is 7.60. The normalized spacial score (nSPS) is 15.4. The van der Waals surface area contributed by atoms with Gasteiger partial charge >= 0.3 is 0 Å². The fourth-order valence-corrected chi connectivity index (χ4v) is 4.37. The number of Topliss-reactive ketones (excluding diaryl/α,β-unsaturated/α-hetero) is 1. The third kappa shape index (κ3) is 3.51. The van der Waals surface area contributed by atoms with Gasteiger partial charge in [-0.3, -0.25) is 9.59 Å². The van der Waals surface area contributed by atoms with Crippen molar-refractivity contribution in [3.63, 3.8) is 0 Å². The molecule has 0 bridgehead atoms. The lowest BCUT2D eigenvalue weighted by molar-refractivity contribution is -0.133. The molecule has 1 fully saturated rings. The number of para-hydroxylation sites is 2. The van der Waals surface area contributed by atoms with E-state index in [1.54, 1.807) is 6.20 Å². The summed E-state index contributed by atoms with van der Waals surface area (Å²) in [6.07, 6.45) is 3.86. The van der Waals surface area contributed by atoms with Crippen molar-refractivity contribution in [3.8, 4) is 0 Å². The van der Waals surface area contributed by atoms with Crippen LogP contribution in [0.15, 0.2) is 35.8 Å². The van der Waals surface area contributed by atoms with Gasteiger partial charge in [0.2, 0.25) is 5.91 Å². The van der Waals surface area contributed by atoms with Crippen LogP contribution < -0.4 is 0 Å². The van der Waals surface area contributed by atoms with Gasteiger partial charge < -0.3 is 9.47 Å². The molecule has 7 heteroatoms. The van der Waals surface area contributed by atoms with E-state index >= 15 is 0 Å². The van der Waals surface area contributed by atoms with Gasteiger partial charge in [-0.1, -0.05) is 19.1 Å². The van der Waals surface area contributed by atoms with Crippen LogP contribution in [-0.4, -0.2) is 44.2 Å². The van der Waals surface area contributed by atoms with Crippen molar-refractivity contribution in [2.45, 2.75) is 32.7 Å². The van der Waals surface area contributed by atoms with Gasteiger partial charge in [-0.15, -0.1) is 11.3 Å². The first kappa shape index (κ1) is 17.9. The molecule has 140 valence electrons. The molecule has 3 aromatic rings. The van der Waals surface area contributed by atoms with Crippen LogP contribution in [0.25, 0.3) is 11.0 Å². The quantitative estimate of drug-likeness (QED) is 0.636. The summed E-state index contributed by atoms with van der Waals surface area (Å²) in [7, 11) is 0. The molecule has 1 saturated heterocycles. The molecule has 6 nitrogen and oxygen atoms in total. The van der Waals surface area contributed by atoms with Gasteiger partial charge in [0.25, 0.3) is 0 Å². The maximum atomic E-state index is 12.9. The molecule has 1 aliphatic heterocycles. The van der Waals surface area contributed by atoms with E-state index < -0.39 is 0 Å². The standard InChI is InChI=1S/C20H22N4O2S/c1-2-17-22-15-5-3-4-6-16(15)24(17)13-18(25)23-10-7-14(8-11-23)19(26)20-21-9-12-27-20/h3-6,9,12,14H,2,7-8,10-11,13H2,1H3. The van der Waals surface area contributed by atoms with Crippen molar-refractivity contribution in [2.75, 3.05) is 13.1 Å². The van der Waals surface area contributed by atoms with Crippen molar-refractivity contribution in [1.82, 2.24) is 19.4 Å². The number of ketones is 1. The summed E-state index contributed by atoms with van der Waals surface area (Å²) in [6, 6.07) is 7.92. The van der Waals surface area contributed by atoms with E-state index in [-0.39, 0.29) is 17.6 Å².